The van der Waals surface area contributed by atoms with Crippen LogP contribution in [0.1, 0.15) is 0 Å². The fourth-order valence-corrected chi connectivity index (χ4v) is 1.02. The molecule has 1 aromatic heterocycles. The Morgan fingerprint density at radius 3 is 2.06 bits per heavy atom. The van der Waals surface area contributed by atoms with E-state index in [9.17, 15) is 0 Å². The Balaban J connectivity index is 0. The van der Waals surface area contributed by atoms with Gasteiger partial charge in [-0.05, 0) is 18.3 Å². The summed E-state index contributed by atoms with van der Waals surface area (Å²) in [5, 5.41) is 17.9. The fraction of sp³-hybridized carbons (Fsp3) is 0. The Morgan fingerprint density at radius 2 is 1.50 bits per heavy atom. The van der Waals surface area contributed by atoms with Crippen molar-refractivity contribution < 1.29 is 118 Å². The van der Waals surface area contributed by atoms with Crippen LogP contribution in [0.15, 0.2) is 42.6 Å². The maximum Gasteiger partial charge on any atom is 1.00 e. The number of hydrogen-bond acceptors (Lipinski definition) is 4. The molecule has 0 atom stereocenters. The standard InChI is InChI=1S/C9H7N.CH2O3.2K/c1-2-6-9-8(4-1)5-3-7-10-9;2-1(3)4;;/h1-7H;(H2,2,3,4);;/q;;2*+1/p-2. The second kappa shape index (κ2) is 11.3. The van der Waals surface area contributed by atoms with Crippen LogP contribution < -0.4 is 113 Å². The molecule has 6 heteroatoms. The van der Waals surface area contributed by atoms with E-state index in [2.05, 4.69) is 17.1 Å². The van der Waals surface area contributed by atoms with Gasteiger partial charge in [-0.2, -0.15) is 0 Å². The second-order valence-corrected chi connectivity index (χ2v) is 2.45. The molecule has 0 unspecified atom stereocenters. The summed E-state index contributed by atoms with van der Waals surface area (Å²) in [7, 11) is 0. The molecule has 0 bridgehead atoms. The van der Waals surface area contributed by atoms with E-state index in [1.54, 1.807) is 0 Å². The third kappa shape index (κ3) is 8.29. The van der Waals surface area contributed by atoms with Crippen molar-refractivity contribution in [1.82, 2.24) is 4.98 Å². The van der Waals surface area contributed by atoms with Crippen LogP contribution in [0.2, 0.25) is 0 Å². The van der Waals surface area contributed by atoms with E-state index < -0.39 is 6.16 Å². The molecule has 1 heterocycles. The molecule has 0 aliphatic carbocycles. The van der Waals surface area contributed by atoms with Crippen molar-refractivity contribution in [3.8, 4) is 0 Å². The molecule has 0 radical (unpaired) electrons. The molecule has 0 spiro atoms. The summed E-state index contributed by atoms with van der Waals surface area (Å²) in [6, 6.07) is 12.1. The van der Waals surface area contributed by atoms with E-state index in [1.807, 2.05) is 30.5 Å². The first-order valence-electron chi connectivity index (χ1n) is 3.88. The Kier molecular flexibility index (Phi) is 13.7. The number of benzene rings is 1. The number of hydrogen-bond donors (Lipinski definition) is 0. The largest absolute Gasteiger partial charge is 1.00 e. The summed E-state index contributed by atoms with van der Waals surface area (Å²) in [4.78, 5) is 12.5. The number of fused-ring (bicyclic) bond motifs is 1. The van der Waals surface area contributed by atoms with E-state index in [-0.39, 0.29) is 103 Å². The van der Waals surface area contributed by atoms with Gasteiger partial charge in [0.1, 0.15) is 0 Å². The van der Waals surface area contributed by atoms with Crippen LogP contribution in [0.4, 0.5) is 4.79 Å². The van der Waals surface area contributed by atoms with Crippen molar-refractivity contribution in [2.45, 2.75) is 0 Å². The number of para-hydroxylation sites is 1. The van der Waals surface area contributed by atoms with Gasteiger partial charge in [-0.15, -0.1) is 0 Å². The normalized spacial score (nSPS) is 7.75. The number of nitrogens with zero attached hydrogens (tertiary/aromatic N) is 1. The maximum atomic E-state index is 8.33. The smallest absolute Gasteiger partial charge is 0.652 e. The van der Waals surface area contributed by atoms with Gasteiger partial charge in [0.15, 0.2) is 0 Å². The SMILES string of the molecule is O=C([O-])[O-].[K+].[K+].c1ccc2ncccc2c1. The summed E-state index contributed by atoms with van der Waals surface area (Å²) in [6.07, 6.45) is -0.525. The zero-order chi connectivity index (χ0) is 10.4. The number of carbonyl (C=O) groups is 1. The fourth-order valence-electron chi connectivity index (χ4n) is 1.02. The molecule has 0 fully saturated rings. The van der Waals surface area contributed by atoms with Crippen LogP contribution in [0.25, 0.3) is 10.9 Å². The molecule has 0 aliphatic heterocycles. The number of carboxylic acid groups (broad SMARTS) is 2. The molecule has 0 N–H and O–H groups in total. The Bertz CT molecular complexity index is 368. The Hall–Kier alpha value is 1.17. The summed E-state index contributed by atoms with van der Waals surface area (Å²) in [5.41, 5.74) is 1.06. The molecule has 0 aliphatic rings. The molecular formula is C10H7K2NO3. The first-order valence-corrected chi connectivity index (χ1v) is 3.88. The van der Waals surface area contributed by atoms with Gasteiger partial charge in [0.05, 0.1) is 5.52 Å². The van der Waals surface area contributed by atoms with E-state index in [0.717, 1.165) is 5.52 Å². The monoisotopic (exact) mass is 267 g/mol. The Labute approximate surface area is 178 Å². The third-order valence-corrected chi connectivity index (χ3v) is 1.51. The van der Waals surface area contributed by atoms with Crippen molar-refractivity contribution in [2.24, 2.45) is 0 Å². The molecular weight excluding hydrogens is 260 g/mol. The van der Waals surface area contributed by atoms with Crippen molar-refractivity contribution in [2.75, 3.05) is 0 Å². The van der Waals surface area contributed by atoms with Crippen molar-refractivity contribution in [1.29, 1.82) is 0 Å². The van der Waals surface area contributed by atoms with Gasteiger partial charge in [0, 0.05) is 11.6 Å². The second-order valence-electron chi connectivity index (χ2n) is 2.45. The Morgan fingerprint density at radius 1 is 1.00 bits per heavy atom. The maximum absolute atomic E-state index is 8.33. The van der Waals surface area contributed by atoms with Crippen LogP contribution >= 0.6 is 0 Å². The van der Waals surface area contributed by atoms with Gasteiger partial charge in [-0.1, -0.05) is 24.3 Å². The van der Waals surface area contributed by atoms with Crippen LogP contribution in [-0.2, 0) is 0 Å². The first-order chi connectivity index (χ1) is 6.70. The topological polar surface area (TPSA) is 76.1 Å². The summed E-state index contributed by atoms with van der Waals surface area (Å²) < 4.78 is 0. The molecule has 0 saturated carbocycles. The molecule has 16 heavy (non-hydrogen) atoms. The van der Waals surface area contributed by atoms with E-state index in [4.69, 9.17) is 15.0 Å². The number of pyridine rings is 1. The average molecular weight is 267 g/mol. The molecule has 0 amide bonds. The predicted molar refractivity (Wildman–Crippen MR) is 47.1 cm³/mol. The summed E-state index contributed by atoms with van der Waals surface area (Å²) in [6.45, 7) is 0. The van der Waals surface area contributed by atoms with Crippen LogP contribution in [0.3, 0.4) is 0 Å². The minimum absolute atomic E-state index is 0. The van der Waals surface area contributed by atoms with E-state index in [1.165, 1.54) is 5.39 Å². The van der Waals surface area contributed by atoms with E-state index >= 15 is 0 Å². The number of rotatable bonds is 0. The van der Waals surface area contributed by atoms with Crippen molar-refractivity contribution in [3.63, 3.8) is 0 Å². The van der Waals surface area contributed by atoms with Crippen LogP contribution in [-0.4, -0.2) is 11.1 Å². The number of aromatic nitrogens is 1. The zero-order valence-corrected chi connectivity index (χ0v) is 15.5. The van der Waals surface area contributed by atoms with Gasteiger partial charge >= 0.3 is 103 Å². The number of carbonyl (C=O) groups excluding carboxylic acids is 1. The van der Waals surface area contributed by atoms with E-state index in [0.29, 0.717) is 0 Å². The average Bonchev–Trinajstić information content (AvgIpc) is 2.17. The molecule has 72 valence electrons. The molecule has 0 saturated heterocycles. The quantitative estimate of drug-likeness (QED) is 0.445. The molecule has 2 rings (SSSR count). The third-order valence-electron chi connectivity index (χ3n) is 1.51. The zero-order valence-electron chi connectivity index (χ0n) is 9.21. The molecule has 1 aromatic carbocycles. The minimum atomic E-state index is -2.33. The summed E-state index contributed by atoms with van der Waals surface area (Å²) in [5.74, 6) is 0. The van der Waals surface area contributed by atoms with Gasteiger partial charge in [0.25, 0.3) is 0 Å². The minimum Gasteiger partial charge on any atom is -0.652 e. The van der Waals surface area contributed by atoms with Crippen LogP contribution in [0, 0.1) is 0 Å². The van der Waals surface area contributed by atoms with Gasteiger partial charge in [0.2, 0.25) is 0 Å². The van der Waals surface area contributed by atoms with Gasteiger partial charge in [-0.3, -0.25) is 4.98 Å². The first kappa shape index (κ1) is 19.5. The molecule has 2 aromatic rings. The summed E-state index contributed by atoms with van der Waals surface area (Å²) >= 11 is 0. The van der Waals surface area contributed by atoms with Crippen molar-refractivity contribution in [3.05, 3.63) is 42.6 Å². The predicted octanol–water partition coefficient (Wildman–Crippen LogP) is -6.20. The van der Waals surface area contributed by atoms with Crippen molar-refractivity contribution >= 4 is 17.1 Å². The van der Waals surface area contributed by atoms with Crippen LogP contribution in [0.5, 0.6) is 0 Å². The molecule has 4 nitrogen and oxygen atoms in total. The van der Waals surface area contributed by atoms with Gasteiger partial charge in [-0.25, -0.2) is 0 Å². The van der Waals surface area contributed by atoms with Gasteiger partial charge < -0.3 is 15.0 Å².